The molecule has 1 saturated heterocycles. The number of aromatic nitrogens is 3. The summed E-state index contributed by atoms with van der Waals surface area (Å²) in [7, 11) is 0. The summed E-state index contributed by atoms with van der Waals surface area (Å²) in [6, 6.07) is 12.3. The zero-order chi connectivity index (χ0) is 22.3. The number of thioether (sulfide) groups is 1. The second-order valence-corrected chi connectivity index (χ2v) is 8.82. The number of hydrogen-bond donors (Lipinski definition) is 1. The zero-order valence-electron chi connectivity index (χ0n) is 18.7. The van der Waals surface area contributed by atoms with Gasteiger partial charge in [-0.05, 0) is 36.7 Å². The highest BCUT2D eigenvalue weighted by Gasteiger charge is 2.16. The normalized spacial score (nSPS) is 14.5. The number of aryl methyl sites for hydroxylation is 1. The van der Waals surface area contributed by atoms with Crippen molar-refractivity contribution in [3.8, 4) is 5.69 Å². The first kappa shape index (κ1) is 22.4. The number of nitrogens with one attached hydrogen (secondary N) is 1. The van der Waals surface area contributed by atoms with Crippen LogP contribution in [0.1, 0.15) is 18.1 Å². The molecule has 4 rings (SSSR count). The van der Waals surface area contributed by atoms with Crippen molar-refractivity contribution in [2.45, 2.75) is 25.5 Å². The predicted octanol–water partition coefficient (Wildman–Crippen LogP) is 3.13. The van der Waals surface area contributed by atoms with Crippen LogP contribution >= 0.6 is 11.8 Å². The largest absolute Gasteiger partial charge is 0.354 e. The fourth-order valence-electron chi connectivity index (χ4n) is 3.80. The molecule has 0 aliphatic carbocycles. The van der Waals surface area contributed by atoms with Gasteiger partial charge in [-0.1, -0.05) is 43.0 Å². The summed E-state index contributed by atoms with van der Waals surface area (Å²) in [6.07, 6.45) is 5.56. The van der Waals surface area contributed by atoms with Gasteiger partial charge in [0, 0.05) is 51.3 Å². The molecule has 3 heterocycles. The third-order valence-electron chi connectivity index (χ3n) is 5.76. The molecule has 0 atom stereocenters. The second-order valence-electron chi connectivity index (χ2n) is 7.88. The Morgan fingerprint density at radius 3 is 2.62 bits per heavy atom. The number of hydrogen-bond acceptors (Lipinski definition) is 6. The Labute approximate surface area is 193 Å². The molecule has 7 nitrogen and oxygen atoms in total. The maximum absolute atomic E-state index is 12.4. The van der Waals surface area contributed by atoms with E-state index in [2.05, 4.69) is 57.1 Å². The minimum absolute atomic E-state index is 0.0194. The van der Waals surface area contributed by atoms with Gasteiger partial charge >= 0.3 is 0 Å². The predicted molar refractivity (Wildman–Crippen MR) is 129 cm³/mol. The van der Waals surface area contributed by atoms with Crippen LogP contribution < -0.4 is 10.2 Å². The van der Waals surface area contributed by atoms with Gasteiger partial charge in [0.25, 0.3) is 0 Å². The number of carbonyl (C=O) groups is 1. The van der Waals surface area contributed by atoms with Crippen molar-refractivity contribution in [1.29, 1.82) is 0 Å². The molecule has 0 unspecified atom stereocenters. The molecule has 1 fully saturated rings. The second kappa shape index (κ2) is 10.7. The first-order valence-electron chi connectivity index (χ1n) is 11.0. The minimum Gasteiger partial charge on any atom is -0.354 e. The number of anilines is 1. The van der Waals surface area contributed by atoms with Gasteiger partial charge in [0.05, 0.1) is 11.4 Å². The smallest absolute Gasteiger partial charge is 0.230 e. The molecule has 0 spiro atoms. The maximum Gasteiger partial charge on any atom is 0.230 e. The van der Waals surface area contributed by atoms with Crippen molar-refractivity contribution in [1.82, 2.24) is 24.8 Å². The molecule has 0 bridgehead atoms. The van der Waals surface area contributed by atoms with Crippen LogP contribution in [0.5, 0.6) is 0 Å². The van der Waals surface area contributed by atoms with E-state index in [-0.39, 0.29) is 5.91 Å². The van der Waals surface area contributed by atoms with Crippen LogP contribution in [0.4, 0.5) is 5.82 Å². The molecule has 0 radical (unpaired) electrons. The molecule has 168 valence electrons. The SMILES string of the molecule is CCN1CCN(c2ccc(CNC(=O)CSc3nccn3-c3ccccc3C)cn2)CC1. The number of carbonyl (C=O) groups excluding carboxylic acids is 1. The Morgan fingerprint density at radius 1 is 1.09 bits per heavy atom. The fourth-order valence-corrected chi connectivity index (χ4v) is 4.59. The monoisotopic (exact) mass is 450 g/mol. The number of rotatable bonds is 8. The Kier molecular flexibility index (Phi) is 7.44. The lowest BCUT2D eigenvalue weighted by Gasteiger charge is -2.34. The quantitative estimate of drug-likeness (QED) is 0.532. The number of pyridine rings is 1. The highest BCUT2D eigenvalue weighted by Crippen LogP contribution is 2.22. The van der Waals surface area contributed by atoms with E-state index in [0.29, 0.717) is 12.3 Å². The molecule has 3 aromatic rings. The molecule has 2 aromatic heterocycles. The molecular formula is C24H30N6OS. The summed E-state index contributed by atoms with van der Waals surface area (Å²) in [5.74, 6) is 1.30. The van der Waals surface area contributed by atoms with Gasteiger partial charge in [-0.3, -0.25) is 9.36 Å². The van der Waals surface area contributed by atoms with Crippen molar-refractivity contribution < 1.29 is 4.79 Å². The molecule has 1 aliphatic rings. The fraction of sp³-hybridized carbons (Fsp3) is 0.375. The van der Waals surface area contributed by atoms with Gasteiger partial charge in [-0.25, -0.2) is 9.97 Å². The lowest BCUT2D eigenvalue weighted by atomic mass is 10.2. The van der Waals surface area contributed by atoms with Crippen LogP contribution in [-0.2, 0) is 11.3 Å². The molecule has 1 aromatic carbocycles. The van der Waals surface area contributed by atoms with Crippen LogP contribution in [-0.4, -0.2) is 63.8 Å². The van der Waals surface area contributed by atoms with Gasteiger partial charge in [0.1, 0.15) is 5.82 Å². The first-order chi connectivity index (χ1) is 15.6. The maximum atomic E-state index is 12.4. The molecule has 1 amide bonds. The van der Waals surface area contributed by atoms with Crippen LogP contribution in [0.25, 0.3) is 5.69 Å². The number of likely N-dealkylation sites (N-methyl/N-ethyl adjacent to an activating group) is 1. The number of piperazine rings is 1. The Morgan fingerprint density at radius 2 is 1.91 bits per heavy atom. The standard InChI is InChI=1S/C24H30N6OS/c1-3-28-12-14-29(15-13-28)22-9-8-20(16-26-22)17-27-23(31)18-32-24-25-10-11-30(24)21-7-5-4-6-19(21)2/h4-11,16H,3,12-15,17-18H2,1-2H3,(H,27,31). The number of amides is 1. The summed E-state index contributed by atoms with van der Waals surface area (Å²) in [4.78, 5) is 26.2. The van der Waals surface area contributed by atoms with Crippen LogP contribution in [0.15, 0.2) is 60.1 Å². The highest BCUT2D eigenvalue weighted by molar-refractivity contribution is 7.99. The number of imidazole rings is 1. The summed E-state index contributed by atoms with van der Waals surface area (Å²) in [5, 5.41) is 3.80. The van der Waals surface area contributed by atoms with Gasteiger partial charge in [-0.2, -0.15) is 0 Å². The van der Waals surface area contributed by atoms with E-state index < -0.39 is 0 Å². The van der Waals surface area contributed by atoms with Crippen molar-refractivity contribution in [2.75, 3.05) is 43.4 Å². The van der Waals surface area contributed by atoms with Crippen molar-refractivity contribution in [3.05, 3.63) is 66.1 Å². The summed E-state index contributed by atoms with van der Waals surface area (Å²) >= 11 is 1.44. The molecule has 32 heavy (non-hydrogen) atoms. The molecule has 8 heteroatoms. The van der Waals surface area contributed by atoms with Crippen LogP contribution in [0.2, 0.25) is 0 Å². The minimum atomic E-state index is -0.0194. The van der Waals surface area contributed by atoms with Crippen LogP contribution in [0.3, 0.4) is 0 Å². The van der Waals surface area contributed by atoms with Gasteiger partial charge < -0.3 is 15.1 Å². The lowest BCUT2D eigenvalue weighted by molar-refractivity contribution is -0.118. The zero-order valence-corrected chi connectivity index (χ0v) is 19.5. The molecule has 1 aliphatic heterocycles. The summed E-state index contributed by atoms with van der Waals surface area (Å²) in [5.41, 5.74) is 3.25. The average Bonchev–Trinajstić information content (AvgIpc) is 3.30. The van der Waals surface area contributed by atoms with E-state index in [4.69, 9.17) is 0 Å². The van der Waals surface area contributed by atoms with E-state index in [0.717, 1.165) is 54.9 Å². The number of para-hydroxylation sites is 1. The van der Waals surface area contributed by atoms with E-state index in [1.54, 1.807) is 6.20 Å². The Bertz CT molecular complexity index is 1030. The van der Waals surface area contributed by atoms with Gasteiger partial charge in [0.2, 0.25) is 5.91 Å². The Balaban J connectivity index is 1.26. The van der Waals surface area contributed by atoms with Crippen LogP contribution in [0, 0.1) is 6.92 Å². The van der Waals surface area contributed by atoms with Crippen molar-refractivity contribution in [2.24, 2.45) is 0 Å². The first-order valence-corrected chi connectivity index (χ1v) is 12.0. The molecule has 1 N–H and O–H groups in total. The third-order valence-corrected chi connectivity index (χ3v) is 6.72. The molecule has 0 saturated carbocycles. The third kappa shape index (κ3) is 5.49. The van der Waals surface area contributed by atoms with E-state index in [1.165, 1.54) is 17.3 Å². The van der Waals surface area contributed by atoms with E-state index in [1.807, 2.05) is 35.2 Å². The van der Waals surface area contributed by atoms with Crippen molar-refractivity contribution in [3.63, 3.8) is 0 Å². The van der Waals surface area contributed by atoms with Gasteiger partial charge in [0.15, 0.2) is 5.16 Å². The topological polar surface area (TPSA) is 66.3 Å². The molecular weight excluding hydrogens is 420 g/mol. The number of benzene rings is 1. The van der Waals surface area contributed by atoms with E-state index in [9.17, 15) is 4.79 Å². The van der Waals surface area contributed by atoms with Gasteiger partial charge in [-0.15, -0.1) is 0 Å². The van der Waals surface area contributed by atoms with E-state index >= 15 is 0 Å². The van der Waals surface area contributed by atoms with Crippen molar-refractivity contribution >= 4 is 23.5 Å². The lowest BCUT2D eigenvalue weighted by Crippen LogP contribution is -2.46. The number of nitrogens with zero attached hydrogens (tertiary/aromatic N) is 5. The summed E-state index contributed by atoms with van der Waals surface area (Å²) in [6.45, 7) is 10.0. The average molecular weight is 451 g/mol. The Hall–Kier alpha value is -2.84. The summed E-state index contributed by atoms with van der Waals surface area (Å²) < 4.78 is 2.02. The highest BCUT2D eigenvalue weighted by atomic mass is 32.2.